The summed E-state index contributed by atoms with van der Waals surface area (Å²) in [5.41, 5.74) is 2.14. The molecule has 1 N–H and O–H groups in total. The highest BCUT2D eigenvalue weighted by Crippen LogP contribution is 2.35. The molecule has 1 fully saturated rings. The highest BCUT2D eigenvalue weighted by molar-refractivity contribution is 5.93. The van der Waals surface area contributed by atoms with Crippen molar-refractivity contribution >= 4 is 5.91 Å². The topological polar surface area (TPSA) is 92.8 Å². The van der Waals surface area contributed by atoms with Crippen LogP contribution in [0, 0.1) is 0 Å². The Morgan fingerprint density at radius 3 is 2.96 bits per heavy atom. The number of carbonyl (C=O) groups is 1. The molecule has 3 heterocycles. The lowest BCUT2D eigenvalue weighted by atomic mass is 9.85. The Morgan fingerprint density at radius 1 is 1.46 bits per heavy atom. The van der Waals surface area contributed by atoms with Crippen molar-refractivity contribution in [1.82, 2.24) is 29.8 Å². The summed E-state index contributed by atoms with van der Waals surface area (Å²) >= 11 is 0. The van der Waals surface area contributed by atoms with Gasteiger partial charge in [0.05, 0.1) is 12.2 Å². The SMILES string of the molecule is CCN(Cc1noc(C2CCC2)n1)C(=O)c1cc(-c2cccn2C)n[nH]1. The first-order valence-electron chi connectivity index (χ1n) is 8.94. The van der Waals surface area contributed by atoms with Crippen LogP contribution in [-0.4, -0.2) is 42.3 Å². The second-order valence-corrected chi connectivity index (χ2v) is 6.67. The number of nitrogens with one attached hydrogen (secondary N) is 1. The predicted octanol–water partition coefficient (Wildman–Crippen LogP) is 2.73. The van der Waals surface area contributed by atoms with Gasteiger partial charge in [0, 0.05) is 25.7 Å². The molecule has 8 nitrogen and oxygen atoms in total. The van der Waals surface area contributed by atoms with E-state index in [9.17, 15) is 4.79 Å². The van der Waals surface area contributed by atoms with Gasteiger partial charge in [-0.2, -0.15) is 10.1 Å². The number of hydrogen-bond acceptors (Lipinski definition) is 5. The molecule has 0 radical (unpaired) electrons. The maximum atomic E-state index is 12.8. The number of rotatable bonds is 6. The Hall–Kier alpha value is -2.90. The molecule has 0 atom stereocenters. The largest absolute Gasteiger partial charge is 0.349 e. The van der Waals surface area contributed by atoms with Crippen molar-refractivity contribution in [2.24, 2.45) is 7.05 Å². The van der Waals surface area contributed by atoms with Gasteiger partial charge in [-0.1, -0.05) is 11.6 Å². The van der Waals surface area contributed by atoms with Crippen LogP contribution in [0.2, 0.25) is 0 Å². The van der Waals surface area contributed by atoms with Crippen molar-refractivity contribution in [3.8, 4) is 11.4 Å². The molecule has 1 saturated carbocycles. The first kappa shape index (κ1) is 16.6. The van der Waals surface area contributed by atoms with Gasteiger partial charge in [-0.05, 0) is 38.0 Å². The van der Waals surface area contributed by atoms with Gasteiger partial charge in [0.1, 0.15) is 11.4 Å². The van der Waals surface area contributed by atoms with Crippen molar-refractivity contribution in [2.75, 3.05) is 6.54 Å². The minimum atomic E-state index is -0.129. The van der Waals surface area contributed by atoms with Crippen LogP contribution in [-0.2, 0) is 13.6 Å². The van der Waals surface area contributed by atoms with Crippen molar-refractivity contribution in [1.29, 1.82) is 0 Å². The predicted molar refractivity (Wildman–Crippen MR) is 94.3 cm³/mol. The zero-order valence-electron chi connectivity index (χ0n) is 15.0. The van der Waals surface area contributed by atoms with E-state index in [-0.39, 0.29) is 5.91 Å². The van der Waals surface area contributed by atoms with Gasteiger partial charge in [0.2, 0.25) is 5.89 Å². The Kier molecular flexibility index (Phi) is 4.32. The van der Waals surface area contributed by atoms with E-state index in [1.807, 2.05) is 36.9 Å². The van der Waals surface area contributed by atoms with Crippen molar-refractivity contribution < 1.29 is 9.32 Å². The fraction of sp³-hybridized carbons (Fsp3) is 0.444. The minimum absolute atomic E-state index is 0.129. The maximum absolute atomic E-state index is 12.8. The molecule has 4 rings (SSSR count). The summed E-state index contributed by atoms with van der Waals surface area (Å²) in [5, 5.41) is 11.1. The molecule has 0 spiro atoms. The number of carbonyl (C=O) groups excluding carboxylic acids is 1. The minimum Gasteiger partial charge on any atom is -0.349 e. The number of aromatic nitrogens is 5. The summed E-state index contributed by atoms with van der Waals surface area (Å²) in [6.45, 7) is 2.80. The lowest BCUT2D eigenvalue weighted by Gasteiger charge is -2.20. The van der Waals surface area contributed by atoms with Crippen LogP contribution < -0.4 is 0 Å². The van der Waals surface area contributed by atoms with Crippen molar-refractivity contribution in [3.05, 3.63) is 41.8 Å². The summed E-state index contributed by atoms with van der Waals surface area (Å²) in [6, 6.07) is 5.68. The number of H-pyrrole nitrogens is 1. The van der Waals surface area contributed by atoms with Gasteiger partial charge in [-0.3, -0.25) is 9.89 Å². The van der Waals surface area contributed by atoms with Crippen molar-refractivity contribution in [2.45, 2.75) is 38.6 Å². The third-order valence-electron chi connectivity index (χ3n) is 4.95. The average molecular weight is 354 g/mol. The highest BCUT2D eigenvalue weighted by Gasteiger charge is 2.26. The lowest BCUT2D eigenvalue weighted by molar-refractivity contribution is 0.0741. The second-order valence-electron chi connectivity index (χ2n) is 6.67. The van der Waals surface area contributed by atoms with Crippen molar-refractivity contribution in [3.63, 3.8) is 0 Å². The van der Waals surface area contributed by atoms with E-state index >= 15 is 0 Å². The molecule has 3 aromatic heterocycles. The molecule has 8 heteroatoms. The van der Waals surface area contributed by atoms with Gasteiger partial charge in [0.25, 0.3) is 5.91 Å². The van der Waals surface area contributed by atoms with Gasteiger partial charge in [0.15, 0.2) is 5.82 Å². The molecule has 0 aromatic carbocycles. The van der Waals surface area contributed by atoms with E-state index in [1.54, 1.807) is 11.0 Å². The maximum Gasteiger partial charge on any atom is 0.272 e. The molecule has 26 heavy (non-hydrogen) atoms. The molecule has 136 valence electrons. The van der Waals surface area contributed by atoms with E-state index in [0.717, 1.165) is 24.2 Å². The highest BCUT2D eigenvalue weighted by atomic mass is 16.5. The summed E-state index contributed by atoms with van der Waals surface area (Å²) in [6.07, 6.45) is 5.37. The van der Waals surface area contributed by atoms with E-state index in [0.29, 0.717) is 36.4 Å². The standard InChI is InChI=1S/C18H22N6O2/c1-3-24(11-16-19-17(26-22-16)12-6-4-7-12)18(25)14-10-13(20-21-14)15-8-5-9-23(15)2/h5,8-10,12H,3-4,6-7,11H2,1-2H3,(H,20,21). The molecule has 3 aromatic rings. The molecule has 0 bridgehead atoms. The zero-order valence-corrected chi connectivity index (χ0v) is 15.0. The van der Waals surface area contributed by atoms with E-state index in [1.165, 1.54) is 6.42 Å². The Labute approximate surface area is 151 Å². The van der Waals surface area contributed by atoms with Crippen LogP contribution in [0.25, 0.3) is 11.4 Å². The lowest BCUT2D eigenvalue weighted by Crippen LogP contribution is -2.31. The van der Waals surface area contributed by atoms with Crippen LogP contribution in [0.5, 0.6) is 0 Å². The van der Waals surface area contributed by atoms with Crippen LogP contribution in [0.4, 0.5) is 0 Å². The molecule has 0 saturated heterocycles. The van der Waals surface area contributed by atoms with Gasteiger partial charge in [-0.15, -0.1) is 0 Å². The molecular weight excluding hydrogens is 332 g/mol. The molecule has 1 aliphatic rings. The fourth-order valence-electron chi connectivity index (χ4n) is 3.11. The summed E-state index contributed by atoms with van der Waals surface area (Å²) < 4.78 is 7.31. The smallest absolute Gasteiger partial charge is 0.272 e. The van der Waals surface area contributed by atoms with Gasteiger partial charge >= 0.3 is 0 Å². The van der Waals surface area contributed by atoms with Crippen LogP contribution >= 0.6 is 0 Å². The molecule has 1 aliphatic carbocycles. The third-order valence-corrected chi connectivity index (χ3v) is 4.95. The number of aromatic amines is 1. The van der Waals surface area contributed by atoms with Crippen LogP contribution in [0.1, 0.15) is 54.3 Å². The number of amides is 1. The molecule has 0 unspecified atom stereocenters. The Bertz CT molecular complexity index is 904. The average Bonchev–Trinajstić information content (AvgIpc) is 3.31. The summed E-state index contributed by atoms with van der Waals surface area (Å²) in [4.78, 5) is 18.9. The van der Waals surface area contributed by atoms with Crippen LogP contribution in [0.15, 0.2) is 28.9 Å². The fourth-order valence-corrected chi connectivity index (χ4v) is 3.11. The van der Waals surface area contributed by atoms with E-state index < -0.39 is 0 Å². The van der Waals surface area contributed by atoms with Gasteiger partial charge in [-0.25, -0.2) is 0 Å². The quantitative estimate of drug-likeness (QED) is 0.735. The number of aryl methyl sites for hydroxylation is 1. The molecule has 1 amide bonds. The molecule has 0 aliphatic heterocycles. The summed E-state index contributed by atoms with van der Waals surface area (Å²) in [7, 11) is 1.94. The third kappa shape index (κ3) is 3.02. The summed E-state index contributed by atoms with van der Waals surface area (Å²) in [5.74, 6) is 1.50. The Morgan fingerprint density at radius 2 is 2.31 bits per heavy atom. The normalized spacial score (nSPS) is 14.4. The zero-order chi connectivity index (χ0) is 18.1. The number of nitrogens with zero attached hydrogens (tertiary/aromatic N) is 5. The number of hydrogen-bond donors (Lipinski definition) is 1. The van der Waals surface area contributed by atoms with Gasteiger partial charge < -0.3 is 14.0 Å². The second kappa shape index (κ2) is 6.78. The first-order chi connectivity index (χ1) is 12.7. The van der Waals surface area contributed by atoms with Crippen LogP contribution in [0.3, 0.4) is 0 Å². The molecular formula is C18H22N6O2. The monoisotopic (exact) mass is 354 g/mol. The Balaban J connectivity index is 1.48. The van der Waals surface area contributed by atoms with E-state index in [4.69, 9.17) is 4.52 Å². The first-order valence-corrected chi connectivity index (χ1v) is 8.94. The van der Waals surface area contributed by atoms with E-state index in [2.05, 4.69) is 20.3 Å².